The van der Waals surface area contributed by atoms with Crippen LogP contribution in [0.5, 0.6) is 0 Å². The average Bonchev–Trinajstić information content (AvgIpc) is 2.26. The van der Waals surface area contributed by atoms with Crippen molar-refractivity contribution >= 4 is 17.8 Å². The summed E-state index contributed by atoms with van der Waals surface area (Å²) in [6.45, 7) is 1.72. The number of hydrogen-bond acceptors (Lipinski definition) is 3. The zero-order valence-electron chi connectivity index (χ0n) is 12.0. The molecular formula is C14H24N2O4. The number of amides is 2. The van der Waals surface area contributed by atoms with Crippen LogP contribution in [-0.4, -0.2) is 28.9 Å². The Morgan fingerprint density at radius 3 is 2.30 bits per heavy atom. The molecule has 0 saturated heterocycles. The Morgan fingerprint density at radius 1 is 1.20 bits per heavy atom. The first-order chi connectivity index (χ1) is 9.33. The maximum Gasteiger partial charge on any atom is 0.303 e. The van der Waals surface area contributed by atoms with Gasteiger partial charge in [-0.1, -0.05) is 19.3 Å². The van der Waals surface area contributed by atoms with Crippen molar-refractivity contribution in [3.05, 3.63) is 0 Å². The predicted octanol–water partition coefficient (Wildman–Crippen LogP) is 1.18. The SMILES string of the molecule is CC(CC(N)=O)NC(=O)CC1(CC(=O)O)CCCCC1. The zero-order valence-corrected chi connectivity index (χ0v) is 12.0. The van der Waals surface area contributed by atoms with Crippen molar-refractivity contribution < 1.29 is 19.5 Å². The summed E-state index contributed by atoms with van der Waals surface area (Å²) in [5.41, 5.74) is 4.65. The summed E-state index contributed by atoms with van der Waals surface area (Å²) in [6, 6.07) is -0.314. The van der Waals surface area contributed by atoms with Crippen LogP contribution in [0.15, 0.2) is 0 Å². The van der Waals surface area contributed by atoms with Gasteiger partial charge in [0.1, 0.15) is 0 Å². The number of primary amides is 1. The van der Waals surface area contributed by atoms with Crippen LogP contribution in [0, 0.1) is 5.41 Å². The van der Waals surface area contributed by atoms with Crippen molar-refractivity contribution in [1.82, 2.24) is 5.32 Å². The van der Waals surface area contributed by atoms with Crippen LogP contribution in [0.4, 0.5) is 0 Å². The molecular weight excluding hydrogens is 260 g/mol. The van der Waals surface area contributed by atoms with Gasteiger partial charge in [0.05, 0.1) is 6.42 Å². The molecule has 1 unspecified atom stereocenters. The summed E-state index contributed by atoms with van der Waals surface area (Å²) in [4.78, 5) is 33.8. The van der Waals surface area contributed by atoms with E-state index >= 15 is 0 Å². The summed E-state index contributed by atoms with van der Waals surface area (Å²) in [5, 5.41) is 11.8. The van der Waals surface area contributed by atoms with E-state index in [4.69, 9.17) is 10.8 Å². The van der Waals surface area contributed by atoms with Gasteiger partial charge in [-0.15, -0.1) is 0 Å². The topological polar surface area (TPSA) is 109 Å². The predicted molar refractivity (Wildman–Crippen MR) is 73.8 cm³/mol. The van der Waals surface area contributed by atoms with E-state index < -0.39 is 17.3 Å². The highest BCUT2D eigenvalue weighted by atomic mass is 16.4. The second-order valence-corrected chi connectivity index (χ2v) is 5.95. The smallest absolute Gasteiger partial charge is 0.303 e. The maximum absolute atomic E-state index is 12.0. The third-order valence-corrected chi connectivity index (χ3v) is 3.89. The molecule has 0 bridgehead atoms. The number of carboxylic acid groups (broad SMARTS) is 1. The average molecular weight is 284 g/mol. The summed E-state index contributed by atoms with van der Waals surface area (Å²) < 4.78 is 0. The molecule has 0 spiro atoms. The molecule has 114 valence electrons. The van der Waals surface area contributed by atoms with Crippen LogP contribution >= 0.6 is 0 Å². The van der Waals surface area contributed by atoms with E-state index in [1.807, 2.05) is 0 Å². The fourth-order valence-electron chi connectivity index (χ4n) is 3.06. The largest absolute Gasteiger partial charge is 0.481 e. The van der Waals surface area contributed by atoms with Crippen LogP contribution in [0.2, 0.25) is 0 Å². The van der Waals surface area contributed by atoms with Crippen molar-refractivity contribution in [3.8, 4) is 0 Å². The van der Waals surface area contributed by atoms with Gasteiger partial charge in [-0.25, -0.2) is 0 Å². The third kappa shape index (κ3) is 5.59. The molecule has 1 aliphatic rings. The molecule has 1 fully saturated rings. The van der Waals surface area contributed by atoms with E-state index in [1.54, 1.807) is 6.92 Å². The van der Waals surface area contributed by atoms with Crippen LogP contribution in [0.1, 0.15) is 58.3 Å². The monoisotopic (exact) mass is 284 g/mol. The molecule has 20 heavy (non-hydrogen) atoms. The summed E-state index contributed by atoms with van der Waals surface area (Å²) in [5.74, 6) is -1.51. The maximum atomic E-state index is 12.0. The number of carboxylic acids is 1. The highest BCUT2D eigenvalue weighted by Gasteiger charge is 2.36. The van der Waals surface area contributed by atoms with Crippen molar-refractivity contribution in [2.45, 2.75) is 64.3 Å². The van der Waals surface area contributed by atoms with E-state index in [1.165, 1.54) is 0 Å². The second-order valence-electron chi connectivity index (χ2n) is 5.95. The molecule has 2 amide bonds. The number of nitrogens with two attached hydrogens (primary N) is 1. The molecule has 4 N–H and O–H groups in total. The van der Waals surface area contributed by atoms with E-state index in [9.17, 15) is 14.4 Å². The molecule has 0 aromatic rings. The third-order valence-electron chi connectivity index (χ3n) is 3.89. The van der Waals surface area contributed by atoms with Gasteiger partial charge >= 0.3 is 5.97 Å². The second kappa shape index (κ2) is 7.26. The lowest BCUT2D eigenvalue weighted by Crippen LogP contribution is -2.40. The number of carbonyl (C=O) groups excluding carboxylic acids is 2. The first-order valence-electron chi connectivity index (χ1n) is 7.12. The Bertz CT molecular complexity index is 375. The molecule has 0 heterocycles. The lowest BCUT2D eigenvalue weighted by molar-refractivity contribution is -0.141. The van der Waals surface area contributed by atoms with E-state index in [0.717, 1.165) is 32.1 Å². The van der Waals surface area contributed by atoms with Gasteiger partial charge in [-0.05, 0) is 25.2 Å². The Labute approximate surface area is 119 Å². The molecule has 1 atom stereocenters. The molecule has 0 aromatic heterocycles. The zero-order chi connectivity index (χ0) is 15.2. The van der Waals surface area contributed by atoms with Crippen molar-refractivity contribution in [1.29, 1.82) is 0 Å². The first-order valence-corrected chi connectivity index (χ1v) is 7.12. The van der Waals surface area contributed by atoms with Crippen LogP contribution in [-0.2, 0) is 14.4 Å². The lowest BCUT2D eigenvalue weighted by atomic mass is 9.69. The number of rotatable bonds is 7. The van der Waals surface area contributed by atoms with Crippen LogP contribution in [0.25, 0.3) is 0 Å². The Balaban J connectivity index is 2.58. The molecule has 0 radical (unpaired) electrons. The molecule has 6 nitrogen and oxygen atoms in total. The van der Waals surface area contributed by atoms with Gasteiger partial charge in [0, 0.05) is 18.9 Å². The van der Waals surface area contributed by atoms with Crippen LogP contribution in [0.3, 0.4) is 0 Å². The van der Waals surface area contributed by atoms with E-state index in [2.05, 4.69) is 5.32 Å². The van der Waals surface area contributed by atoms with Gasteiger partial charge in [0.25, 0.3) is 0 Å². The molecule has 6 heteroatoms. The minimum absolute atomic E-state index is 0.0324. The van der Waals surface area contributed by atoms with Crippen LogP contribution < -0.4 is 11.1 Å². The minimum Gasteiger partial charge on any atom is -0.481 e. The van der Waals surface area contributed by atoms with Gasteiger partial charge < -0.3 is 16.2 Å². The quantitative estimate of drug-likeness (QED) is 0.652. The molecule has 1 saturated carbocycles. The summed E-state index contributed by atoms with van der Waals surface area (Å²) in [7, 11) is 0. The van der Waals surface area contributed by atoms with Crippen molar-refractivity contribution in [2.75, 3.05) is 0 Å². The van der Waals surface area contributed by atoms with Gasteiger partial charge in [0.15, 0.2) is 0 Å². The van der Waals surface area contributed by atoms with Gasteiger partial charge in [-0.2, -0.15) is 0 Å². The Morgan fingerprint density at radius 2 is 1.80 bits per heavy atom. The molecule has 0 aliphatic heterocycles. The summed E-state index contributed by atoms with van der Waals surface area (Å²) >= 11 is 0. The Hall–Kier alpha value is -1.59. The van der Waals surface area contributed by atoms with E-state index in [-0.39, 0.29) is 31.2 Å². The highest BCUT2D eigenvalue weighted by Crippen LogP contribution is 2.42. The normalized spacial score (nSPS) is 19.1. The summed E-state index contributed by atoms with van der Waals surface area (Å²) in [6.07, 6.45) is 4.92. The number of hydrogen-bond donors (Lipinski definition) is 3. The number of aliphatic carboxylic acids is 1. The Kier molecular flexibility index (Phi) is 5.98. The number of carbonyl (C=O) groups is 3. The fourth-order valence-corrected chi connectivity index (χ4v) is 3.06. The van der Waals surface area contributed by atoms with Gasteiger partial charge in [-0.3, -0.25) is 14.4 Å². The molecule has 1 rings (SSSR count). The van der Waals surface area contributed by atoms with E-state index in [0.29, 0.717) is 0 Å². The minimum atomic E-state index is -0.857. The standard InChI is InChI=1S/C14H24N2O4/c1-10(7-11(15)17)16-12(18)8-14(9-13(19)20)5-3-2-4-6-14/h10H,2-9H2,1H3,(H2,15,17)(H,16,18)(H,19,20). The van der Waals surface area contributed by atoms with Crippen molar-refractivity contribution in [3.63, 3.8) is 0 Å². The lowest BCUT2D eigenvalue weighted by Gasteiger charge is -2.35. The van der Waals surface area contributed by atoms with Gasteiger partial charge in [0.2, 0.25) is 11.8 Å². The highest BCUT2D eigenvalue weighted by molar-refractivity contribution is 5.80. The van der Waals surface area contributed by atoms with Crippen molar-refractivity contribution in [2.24, 2.45) is 11.1 Å². The number of nitrogens with one attached hydrogen (secondary N) is 1. The molecule has 1 aliphatic carbocycles. The first kappa shape index (κ1) is 16.5. The molecule has 0 aromatic carbocycles. The fraction of sp³-hybridized carbons (Fsp3) is 0.786.